The van der Waals surface area contributed by atoms with E-state index in [2.05, 4.69) is 4.99 Å². The van der Waals surface area contributed by atoms with E-state index < -0.39 is 37.5 Å². The first kappa shape index (κ1) is 26.2. The number of aliphatic imine (C=N–C) groups is 1. The van der Waals surface area contributed by atoms with Crippen LogP contribution >= 0.6 is 0 Å². The first-order valence-corrected chi connectivity index (χ1v) is 9.79. The molecule has 0 spiro atoms. The molecule has 3 aromatic carbocycles. The molecule has 0 saturated heterocycles. The molecule has 0 fully saturated rings. The predicted octanol–water partition coefficient (Wildman–Crippen LogP) is 4.91. The minimum Gasteiger partial charge on any atom is -0.497 e. The maximum atomic E-state index is 11.3. The maximum Gasteiger partial charge on any atom is 0.306 e. The average molecular weight is 483 g/mol. The number of benzene rings is 3. The first-order chi connectivity index (χ1) is 16.7. The average Bonchev–Trinajstić information content (AvgIpc) is 2.87. The third-order valence-electron chi connectivity index (χ3n) is 4.44. The molecule has 13 nitrogen and oxygen atoms in total. The molecule has 3 rings (SSSR count). The highest BCUT2D eigenvalue weighted by molar-refractivity contribution is 5.90. The SMILES string of the molecule is COc1ccc(N=CN(C)c2c([N+](=O)[O-])cc([N+](=O)[O-])cc2[N+](=O)[O-])cc1.COc1ccccc1. The van der Waals surface area contributed by atoms with Gasteiger partial charge in [0.05, 0.1) is 53.1 Å². The Morgan fingerprint density at radius 1 is 0.771 bits per heavy atom. The van der Waals surface area contributed by atoms with Gasteiger partial charge in [0.2, 0.25) is 0 Å². The van der Waals surface area contributed by atoms with Gasteiger partial charge in [-0.3, -0.25) is 30.3 Å². The topological polar surface area (TPSA) is 163 Å². The van der Waals surface area contributed by atoms with Gasteiger partial charge in [-0.2, -0.15) is 0 Å². The zero-order valence-electron chi connectivity index (χ0n) is 18.9. The molecule has 0 heterocycles. The molecule has 0 aliphatic heterocycles. The smallest absolute Gasteiger partial charge is 0.306 e. The second kappa shape index (κ2) is 12.2. The van der Waals surface area contributed by atoms with E-state index in [9.17, 15) is 30.3 Å². The van der Waals surface area contributed by atoms with Crippen molar-refractivity contribution in [2.24, 2.45) is 4.99 Å². The Balaban J connectivity index is 0.000000456. The van der Waals surface area contributed by atoms with Gasteiger partial charge in [0, 0.05) is 7.05 Å². The van der Waals surface area contributed by atoms with Crippen molar-refractivity contribution < 1.29 is 24.2 Å². The molecule has 0 aliphatic carbocycles. The number of methoxy groups -OCH3 is 2. The van der Waals surface area contributed by atoms with E-state index in [-0.39, 0.29) is 0 Å². The Morgan fingerprint density at radius 2 is 1.26 bits per heavy atom. The summed E-state index contributed by atoms with van der Waals surface area (Å²) in [6, 6.07) is 17.5. The third-order valence-corrected chi connectivity index (χ3v) is 4.44. The third kappa shape index (κ3) is 7.21. The molecule has 0 aromatic heterocycles. The molecule has 0 aliphatic rings. The zero-order valence-corrected chi connectivity index (χ0v) is 18.9. The molecule has 0 amide bonds. The van der Waals surface area contributed by atoms with E-state index in [1.165, 1.54) is 14.2 Å². The van der Waals surface area contributed by atoms with Crippen molar-refractivity contribution in [3.63, 3.8) is 0 Å². The van der Waals surface area contributed by atoms with Crippen LogP contribution in [0.15, 0.2) is 71.7 Å². The molecular formula is C22H21N5O8. The summed E-state index contributed by atoms with van der Waals surface area (Å²) in [6.45, 7) is 0. The normalized spacial score (nSPS) is 10.1. The fraction of sp³-hybridized carbons (Fsp3) is 0.136. The van der Waals surface area contributed by atoms with Crippen molar-refractivity contribution >= 4 is 34.8 Å². The maximum absolute atomic E-state index is 11.3. The van der Waals surface area contributed by atoms with E-state index in [0.29, 0.717) is 23.6 Å². The minimum absolute atomic E-state index is 0.423. The van der Waals surface area contributed by atoms with Gasteiger partial charge in [-0.15, -0.1) is 0 Å². The quantitative estimate of drug-likeness (QED) is 0.187. The molecule has 3 aromatic rings. The van der Waals surface area contributed by atoms with Crippen molar-refractivity contribution in [1.29, 1.82) is 0 Å². The summed E-state index contributed by atoms with van der Waals surface area (Å²) >= 11 is 0. The number of nitrogens with zero attached hydrogens (tertiary/aromatic N) is 5. The minimum atomic E-state index is -0.935. The van der Waals surface area contributed by atoms with Crippen molar-refractivity contribution in [2.75, 3.05) is 26.2 Å². The number of rotatable bonds is 8. The van der Waals surface area contributed by atoms with Gasteiger partial charge in [0.15, 0.2) is 5.69 Å². The lowest BCUT2D eigenvalue weighted by Crippen LogP contribution is -2.17. The second-order valence-electron chi connectivity index (χ2n) is 6.67. The van der Waals surface area contributed by atoms with Gasteiger partial charge in [-0.25, -0.2) is 4.99 Å². The largest absolute Gasteiger partial charge is 0.497 e. The molecular weight excluding hydrogens is 462 g/mol. The lowest BCUT2D eigenvalue weighted by atomic mass is 10.2. The van der Waals surface area contributed by atoms with Crippen molar-refractivity contribution in [1.82, 2.24) is 0 Å². The summed E-state index contributed by atoms with van der Waals surface area (Å²) in [6.07, 6.45) is 1.14. The highest BCUT2D eigenvalue weighted by atomic mass is 16.6. The highest BCUT2D eigenvalue weighted by Crippen LogP contribution is 2.40. The Labute approximate surface area is 199 Å². The molecule has 0 N–H and O–H groups in total. The Morgan fingerprint density at radius 3 is 1.66 bits per heavy atom. The van der Waals surface area contributed by atoms with Gasteiger partial charge < -0.3 is 14.4 Å². The van der Waals surface area contributed by atoms with Gasteiger partial charge in [-0.05, 0) is 36.4 Å². The van der Waals surface area contributed by atoms with E-state index in [0.717, 1.165) is 17.0 Å². The van der Waals surface area contributed by atoms with E-state index in [1.54, 1.807) is 31.4 Å². The number of hydrogen-bond donors (Lipinski definition) is 0. The van der Waals surface area contributed by atoms with Crippen molar-refractivity contribution in [3.8, 4) is 11.5 Å². The number of anilines is 1. The lowest BCUT2D eigenvalue weighted by Gasteiger charge is -2.13. The van der Waals surface area contributed by atoms with Crippen LogP contribution in [0.5, 0.6) is 11.5 Å². The molecule has 13 heteroatoms. The molecule has 0 unspecified atom stereocenters. The standard InChI is InChI=1S/C15H13N5O7.C7H8O/c1-17(9-16-10-3-5-12(27-2)6-4-10)15-13(19(23)24)7-11(18(21)22)8-14(15)20(25)26;1-8-7-5-3-2-4-6-7/h3-9H,1-2H3;2-6H,1H3. The summed E-state index contributed by atoms with van der Waals surface area (Å²) in [5.74, 6) is 1.51. The van der Waals surface area contributed by atoms with Crippen LogP contribution in [0.3, 0.4) is 0 Å². The molecule has 0 saturated carbocycles. The van der Waals surface area contributed by atoms with Crippen LogP contribution in [-0.4, -0.2) is 42.4 Å². The fourth-order valence-electron chi connectivity index (χ4n) is 2.77. The first-order valence-electron chi connectivity index (χ1n) is 9.79. The zero-order chi connectivity index (χ0) is 26.0. The van der Waals surface area contributed by atoms with E-state index >= 15 is 0 Å². The summed E-state index contributed by atoms with van der Waals surface area (Å²) in [4.78, 5) is 35.9. The Bertz CT molecular complexity index is 1180. The van der Waals surface area contributed by atoms with Gasteiger partial charge in [0.1, 0.15) is 11.5 Å². The highest BCUT2D eigenvalue weighted by Gasteiger charge is 2.32. The number of non-ortho nitro benzene ring substituents is 1. The van der Waals surface area contributed by atoms with E-state index in [4.69, 9.17) is 9.47 Å². The van der Waals surface area contributed by atoms with Crippen LogP contribution in [0.25, 0.3) is 0 Å². The molecule has 0 atom stereocenters. The summed E-state index contributed by atoms with van der Waals surface area (Å²) in [7, 11) is 4.47. The van der Waals surface area contributed by atoms with Gasteiger partial charge in [0.25, 0.3) is 5.69 Å². The van der Waals surface area contributed by atoms with Crippen LogP contribution in [0, 0.1) is 30.3 Å². The number of nitro groups is 3. The second-order valence-corrected chi connectivity index (χ2v) is 6.67. The Hall–Kier alpha value is -5.07. The summed E-state index contributed by atoms with van der Waals surface area (Å²) < 4.78 is 9.93. The van der Waals surface area contributed by atoms with Crippen molar-refractivity contribution in [2.45, 2.75) is 0 Å². The van der Waals surface area contributed by atoms with Crippen LogP contribution in [0.1, 0.15) is 0 Å². The number of hydrogen-bond acceptors (Lipinski definition) is 9. The van der Waals surface area contributed by atoms with Gasteiger partial charge >= 0.3 is 11.4 Å². The summed E-state index contributed by atoms with van der Waals surface area (Å²) in [5, 5.41) is 33.5. The summed E-state index contributed by atoms with van der Waals surface area (Å²) in [5.41, 5.74) is -2.26. The van der Waals surface area contributed by atoms with Crippen LogP contribution in [0.4, 0.5) is 28.4 Å². The van der Waals surface area contributed by atoms with Crippen LogP contribution in [-0.2, 0) is 0 Å². The number of nitro benzene ring substituents is 3. The van der Waals surface area contributed by atoms with E-state index in [1.807, 2.05) is 30.3 Å². The van der Waals surface area contributed by atoms with Crippen LogP contribution < -0.4 is 14.4 Å². The monoisotopic (exact) mass is 483 g/mol. The molecule has 35 heavy (non-hydrogen) atoms. The molecule has 0 radical (unpaired) electrons. The lowest BCUT2D eigenvalue weighted by molar-refractivity contribution is -0.402. The number of para-hydroxylation sites is 1. The Kier molecular flexibility index (Phi) is 9.16. The fourth-order valence-corrected chi connectivity index (χ4v) is 2.77. The molecule has 0 bridgehead atoms. The van der Waals surface area contributed by atoms with Gasteiger partial charge in [-0.1, -0.05) is 18.2 Å². The molecule has 182 valence electrons. The van der Waals surface area contributed by atoms with Crippen LogP contribution in [0.2, 0.25) is 0 Å². The number of ether oxygens (including phenoxy) is 2. The van der Waals surface area contributed by atoms with Crippen molar-refractivity contribution in [3.05, 3.63) is 97.1 Å². The predicted molar refractivity (Wildman–Crippen MR) is 129 cm³/mol.